The van der Waals surface area contributed by atoms with Crippen molar-refractivity contribution in [2.45, 2.75) is 19.3 Å². The average Bonchev–Trinajstić information content (AvgIpc) is 3.09. The lowest BCUT2D eigenvalue weighted by atomic mass is 10.2. The fourth-order valence-electron chi connectivity index (χ4n) is 3.48. The minimum atomic E-state index is -0.550. The van der Waals surface area contributed by atoms with Gasteiger partial charge in [-0.3, -0.25) is 19.8 Å². The minimum absolute atomic E-state index is 0.182. The molecule has 9 heteroatoms. The quantitative estimate of drug-likeness (QED) is 0.583. The molecule has 2 fully saturated rings. The number of pyridine rings is 1. The maximum atomic E-state index is 12.3. The van der Waals surface area contributed by atoms with Gasteiger partial charge in [-0.05, 0) is 19.3 Å². The van der Waals surface area contributed by atoms with Crippen LogP contribution in [0.15, 0.2) is 12.3 Å². The first kappa shape index (κ1) is 18.1. The summed E-state index contributed by atoms with van der Waals surface area (Å²) < 4.78 is 0. The summed E-state index contributed by atoms with van der Waals surface area (Å²) in [5, 5.41) is 20.2. The van der Waals surface area contributed by atoms with Gasteiger partial charge in [0.25, 0.3) is 5.69 Å². The summed E-state index contributed by atoms with van der Waals surface area (Å²) in [4.78, 5) is 32.8. The number of nitro groups is 1. The van der Waals surface area contributed by atoms with Crippen molar-refractivity contribution < 1.29 is 9.72 Å². The summed E-state index contributed by atoms with van der Waals surface area (Å²) in [6.45, 7) is 4.98. The zero-order chi connectivity index (χ0) is 18.5. The number of carbonyl (C=O) groups is 1. The van der Waals surface area contributed by atoms with Crippen LogP contribution in [-0.2, 0) is 4.79 Å². The van der Waals surface area contributed by atoms with Gasteiger partial charge in [-0.15, -0.1) is 0 Å². The standard InChI is InChI=1S/C17H22N6O3/c18-11-14-10-15(23(25)26)12-19-17(14)22-7-3-4-20(8-9-22)13-16(24)21-5-1-2-6-21/h10,12H,1-9,13H2. The second-order valence-corrected chi connectivity index (χ2v) is 6.64. The molecule has 3 rings (SSSR count). The van der Waals surface area contributed by atoms with Crippen LogP contribution in [0.5, 0.6) is 0 Å². The Morgan fingerprint density at radius 3 is 2.65 bits per heavy atom. The first-order valence-electron chi connectivity index (χ1n) is 8.88. The lowest BCUT2D eigenvalue weighted by Crippen LogP contribution is -2.40. The number of nitriles is 1. The van der Waals surface area contributed by atoms with Crippen LogP contribution in [0.4, 0.5) is 11.5 Å². The van der Waals surface area contributed by atoms with Crippen molar-refractivity contribution in [3.05, 3.63) is 27.9 Å². The van der Waals surface area contributed by atoms with E-state index in [1.54, 1.807) is 0 Å². The molecule has 1 aromatic heterocycles. The molecule has 1 aromatic rings. The van der Waals surface area contributed by atoms with Crippen molar-refractivity contribution in [1.29, 1.82) is 5.26 Å². The largest absolute Gasteiger partial charge is 0.354 e. The third-order valence-electron chi connectivity index (χ3n) is 4.89. The predicted molar refractivity (Wildman–Crippen MR) is 94.7 cm³/mol. The summed E-state index contributed by atoms with van der Waals surface area (Å²) in [6.07, 6.45) is 4.21. The second-order valence-electron chi connectivity index (χ2n) is 6.64. The molecule has 0 spiro atoms. The summed E-state index contributed by atoms with van der Waals surface area (Å²) in [5.74, 6) is 0.660. The number of hydrogen-bond acceptors (Lipinski definition) is 7. The number of amides is 1. The van der Waals surface area contributed by atoms with Crippen LogP contribution >= 0.6 is 0 Å². The lowest BCUT2D eigenvalue weighted by molar-refractivity contribution is -0.385. The molecule has 0 saturated carbocycles. The van der Waals surface area contributed by atoms with Crippen molar-refractivity contribution in [2.75, 3.05) is 50.7 Å². The highest BCUT2D eigenvalue weighted by molar-refractivity contribution is 5.78. The average molecular weight is 358 g/mol. The molecule has 0 unspecified atom stereocenters. The van der Waals surface area contributed by atoms with Gasteiger partial charge in [0.15, 0.2) is 0 Å². The van der Waals surface area contributed by atoms with Gasteiger partial charge in [0.2, 0.25) is 5.91 Å². The fourth-order valence-corrected chi connectivity index (χ4v) is 3.48. The van der Waals surface area contributed by atoms with Gasteiger partial charge in [-0.25, -0.2) is 4.98 Å². The first-order valence-corrected chi connectivity index (χ1v) is 8.88. The minimum Gasteiger partial charge on any atom is -0.354 e. The molecule has 1 amide bonds. The highest BCUT2D eigenvalue weighted by atomic mass is 16.6. The van der Waals surface area contributed by atoms with Crippen LogP contribution in [0.2, 0.25) is 0 Å². The zero-order valence-electron chi connectivity index (χ0n) is 14.6. The summed E-state index contributed by atoms with van der Waals surface area (Å²) in [6, 6.07) is 3.27. The van der Waals surface area contributed by atoms with Crippen LogP contribution in [0, 0.1) is 21.4 Å². The topological polar surface area (TPSA) is 107 Å². The van der Waals surface area contributed by atoms with Crippen LogP contribution in [0.25, 0.3) is 0 Å². The van der Waals surface area contributed by atoms with Crippen molar-refractivity contribution in [1.82, 2.24) is 14.8 Å². The first-order chi connectivity index (χ1) is 12.6. The Bertz CT molecular complexity index is 726. The molecule has 0 aromatic carbocycles. The van der Waals surface area contributed by atoms with E-state index in [0.717, 1.165) is 38.9 Å². The number of nitrogens with zero attached hydrogens (tertiary/aromatic N) is 6. The molecule has 0 radical (unpaired) electrons. The molecule has 2 saturated heterocycles. The van der Waals surface area contributed by atoms with E-state index in [1.807, 2.05) is 15.9 Å². The Hall–Kier alpha value is -2.73. The van der Waals surface area contributed by atoms with Crippen LogP contribution in [0.1, 0.15) is 24.8 Å². The maximum Gasteiger partial charge on any atom is 0.289 e. The molecule has 2 aliphatic heterocycles. The molecule has 0 N–H and O–H groups in total. The predicted octanol–water partition coefficient (Wildman–Crippen LogP) is 0.996. The molecule has 0 atom stereocenters. The van der Waals surface area contributed by atoms with E-state index in [2.05, 4.69) is 9.88 Å². The maximum absolute atomic E-state index is 12.3. The van der Waals surface area contributed by atoms with Crippen molar-refractivity contribution in [3.8, 4) is 6.07 Å². The van der Waals surface area contributed by atoms with E-state index in [0.29, 0.717) is 32.0 Å². The second kappa shape index (κ2) is 8.10. The Balaban J connectivity index is 1.64. The molecular weight excluding hydrogens is 336 g/mol. The number of aromatic nitrogens is 1. The highest BCUT2D eigenvalue weighted by Gasteiger charge is 2.24. The van der Waals surface area contributed by atoms with Crippen molar-refractivity contribution in [2.24, 2.45) is 0 Å². The van der Waals surface area contributed by atoms with E-state index < -0.39 is 4.92 Å². The summed E-state index contributed by atoms with van der Waals surface area (Å²) in [7, 11) is 0. The molecule has 2 aliphatic rings. The molecule has 26 heavy (non-hydrogen) atoms. The number of rotatable bonds is 4. The van der Waals surface area contributed by atoms with Gasteiger partial charge in [0, 0.05) is 45.3 Å². The number of likely N-dealkylation sites (tertiary alicyclic amines) is 1. The molecule has 0 aliphatic carbocycles. The van der Waals surface area contributed by atoms with Gasteiger partial charge < -0.3 is 9.80 Å². The SMILES string of the molecule is N#Cc1cc([N+](=O)[O-])cnc1N1CCCN(CC(=O)N2CCCC2)CC1. The normalized spacial score (nSPS) is 18.4. The monoisotopic (exact) mass is 358 g/mol. The molecule has 9 nitrogen and oxygen atoms in total. The Morgan fingerprint density at radius 1 is 1.19 bits per heavy atom. The van der Waals surface area contributed by atoms with Crippen molar-refractivity contribution in [3.63, 3.8) is 0 Å². The van der Waals surface area contributed by atoms with Crippen LogP contribution < -0.4 is 4.90 Å². The summed E-state index contributed by atoms with van der Waals surface area (Å²) >= 11 is 0. The van der Waals surface area contributed by atoms with Gasteiger partial charge >= 0.3 is 0 Å². The van der Waals surface area contributed by atoms with Crippen LogP contribution in [0.3, 0.4) is 0 Å². The van der Waals surface area contributed by atoms with E-state index in [1.165, 1.54) is 12.3 Å². The van der Waals surface area contributed by atoms with E-state index in [4.69, 9.17) is 0 Å². The van der Waals surface area contributed by atoms with Gasteiger partial charge in [-0.2, -0.15) is 5.26 Å². The highest BCUT2D eigenvalue weighted by Crippen LogP contribution is 2.23. The molecule has 3 heterocycles. The molecular formula is C17H22N6O3. The van der Waals surface area contributed by atoms with Gasteiger partial charge in [-0.1, -0.05) is 0 Å². The molecule has 0 bridgehead atoms. The zero-order valence-corrected chi connectivity index (χ0v) is 14.6. The van der Waals surface area contributed by atoms with Gasteiger partial charge in [0.05, 0.1) is 11.5 Å². The Labute approximate surface area is 152 Å². The fraction of sp³-hybridized carbons (Fsp3) is 0.588. The third-order valence-corrected chi connectivity index (χ3v) is 4.89. The van der Waals surface area contributed by atoms with Crippen molar-refractivity contribution >= 4 is 17.4 Å². The van der Waals surface area contributed by atoms with Crippen LogP contribution in [-0.4, -0.2) is 71.4 Å². The lowest BCUT2D eigenvalue weighted by Gasteiger charge is -2.24. The number of carbonyl (C=O) groups excluding carboxylic acids is 1. The number of anilines is 1. The van der Waals surface area contributed by atoms with Gasteiger partial charge in [0.1, 0.15) is 23.6 Å². The number of hydrogen-bond donors (Lipinski definition) is 0. The van der Waals surface area contributed by atoms with E-state index in [9.17, 15) is 20.2 Å². The Kier molecular flexibility index (Phi) is 5.63. The smallest absolute Gasteiger partial charge is 0.289 e. The third kappa shape index (κ3) is 4.08. The Morgan fingerprint density at radius 2 is 1.96 bits per heavy atom. The molecule has 138 valence electrons. The van der Waals surface area contributed by atoms with E-state index >= 15 is 0 Å². The summed E-state index contributed by atoms with van der Waals surface area (Å²) in [5.41, 5.74) is 0.0266. The van der Waals surface area contributed by atoms with E-state index in [-0.39, 0.29) is 17.2 Å².